The molecule has 39 heavy (non-hydrogen) atoms. The summed E-state index contributed by atoms with van der Waals surface area (Å²) in [7, 11) is -0.872. The number of aryl methyl sites for hydroxylation is 1. The van der Waals surface area contributed by atoms with Crippen molar-refractivity contribution in [2.45, 2.75) is 37.4 Å². The molecule has 1 N–H and O–H groups in total. The first-order chi connectivity index (χ1) is 18.8. The Morgan fingerprint density at radius 1 is 0.897 bits per heavy atom. The number of benzene rings is 4. The molecule has 202 valence electrons. The molecule has 4 aromatic carbocycles. The van der Waals surface area contributed by atoms with Crippen molar-refractivity contribution in [3.8, 4) is 23.0 Å². The maximum atomic E-state index is 14.1. The van der Waals surface area contributed by atoms with E-state index in [0.29, 0.717) is 30.1 Å². The number of sulfonamides is 1. The number of phenols is 1. The molecule has 0 aromatic heterocycles. The van der Waals surface area contributed by atoms with Crippen molar-refractivity contribution in [1.82, 2.24) is 4.31 Å². The summed E-state index contributed by atoms with van der Waals surface area (Å²) in [5, 5.41) is 10.2. The fraction of sp³-hybridized carbons (Fsp3) is 0.226. The molecule has 8 heteroatoms. The molecule has 1 heterocycles. The largest absolute Gasteiger partial charge is 0.504 e. The minimum atomic E-state index is -3.92. The molecule has 1 unspecified atom stereocenters. The van der Waals surface area contributed by atoms with Crippen molar-refractivity contribution in [3.63, 3.8) is 0 Å². The molecule has 0 bridgehead atoms. The Labute approximate surface area is 229 Å². The van der Waals surface area contributed by atoms with E-state index in [1.165, 1.54) is 17.5 Å². The van der Waals surface area contributed by atoms with Crippen molar-refractivity contribution in [1.29, 1.82) is 0 Å². The van der Waals surface area contributed by atoms with Gasteiger partial charge >= 0.3 is 0 Å². The van der Waals surface area contributed by atoms with Crippen LogP contribution >= 0.6 is 0 Å². The van der Waals surface area contributed by atoms with Crippen LogP contribution in [0.15, 0.2) is 89.8 Å². The van der Waals surface area contributed by atoms with Crippen molar-refractivity contribution in [2.75, 3.05) is 14.2 Å². The molecule has 5 rings (SSSR count). The summed E-state index contributed by atoms with van der Waals surface area (Å²) >= 11 is 0. The van der Waals surface area contributed by atoms with Crippen molar-refractivity contribution in [3.05, 3.63) is 113 Å². The van der Waals surface area contributed by atoms with Crippen LogP contribution in [-0.4, -0.2) is 32.0 Å². The lowest BCUT2D eigenvalue weighted by Crippen LogP contribution is -2.39. The summed E-state index contributed by atoms with van der Waals surface area (Å²) < 4.78 is 47.0. The quantitative estimate of drug-likeness (QED) is 0.302. The molecular weight excluding hydrogens is 514 g/mol. The maximum Gasteiger partial charge on any atom is 0.243 e. The third-order valence-electron chi connectivity index (χ3n) is 7.06. The molecular formula is C31H31NO6S. The highest BCUT2D eigenvalue weighted by atomic mass is 32.2. The number of hydrogen-bond acceptors (Lipinski definition) is 6. The highest BCUT2D eigenvalue weighted by Gasteiger charge is 2.39. The first-order valence-corrected chi connectivity index (χ1v) is 14.1. The Morgan fingerprint density at radius 2 is 1.62 bits per heavy atom. The highest BCUT2D eigenvalue weighted by molar-refractivity contribution is 7.89. The summed E-state index contributed by atoms with van der Waals surface area (Å²) in [5.74, 6) is 1.35. The summed E-state index contributed by atoms with van der Waals surface area (Å²) in [4.78, 5) is 0.210. The SMILES string of the molecule is COc1cc(C2Cc3ccc(OC)c(OCc4ccccc4)c3CN2S(=O)(=O)c2ccc(C)cc2)ccc1O. The number of ether oxygens (including phenoxy) is 3. The molecule has 0 saturated heterocycles. The van der Waals surface area contributed by atoms with Gasteiger partial charge in [0.15, 0.2) is 23.0 Å². The minimum Gasteiger partial charge on any atom is -0.504 e. The molecule has 1 atom stereocenters. The predicted molar refractivity (Wildman–Crippen MR) is 149 cm³/mol. The van der Waals surface area contributed by atoms with Gasteiger partial charge in [-0.1, -0.05) is 60.2 Å². The van der Waals surface area contributed by atoms with Gasteiger partial charge in [-0.25, -0.2) is 8.42 Å². The van der Waals surface area contributed by atoms with E-state index in [4.69, 9.17) is 14.2 Å². The number of methoxy groups -OCH3 is 2. The van der Waals surface area contributed by atoms with Crippen LogP contribution in [0.1, 0.15) is 33.9 Å². The fourth-order valence-electron chi connectivity index (χ4n) is 4.92. The van der Waals surface area contributed by atoms with E-state index in [1.54, 1.807) is 43.5 Å². The monoisotopic (exact) mass is 545 g/mol. The van der Waals surface area contributed by atoms with E-state index in [9.17, 15) is 13.5 Å². The third kappa shape index (κ3) is 5.30. The summed E-state index contributed by atoms with van der Waals surface area (Å²) in [6.07, 6.45) is 0.403. The second kappa shape index (κ2) is 11.0. The average Bonchev–Trinajstić information content (AvgIpc) is 2.96. The zero-order valence-electron chi connectivity index (χ0n) is 22.1. The molecule has 0 aliphatic carbocycles. The number of phenolic OH excluding ortho intramolecular Hbond substituents is 1. The second-order valence-electron chi connectivity index (χ2n) is 9.52. The predicted octanol–water partition coefficient (Wildman–Crippen LogP) is 5.79. The Kier molecular flexibility index (Phi) is 7.50. The van der Waals surface area contributed by atoms with Gasteiger partial charge in [-0.15, -0.1) is 0 Å². The number of nitrogens with zero attached hydrogens (tertiary/aromatic N) is 1. The van der Waals surface area contributed by atoms with Crippen LogP contribution in [0.5, 0.6) is 23.0 Å². The Hall–Kier alpha value is -4.01. The van der Waals surface area contributed by atoms with E-state index >= 15 is 0 Å². The molecule has 0 amide bonds. The van der Waals surface area contributed by atoms with Crippen LogP contribution in [0.25, 0.3) is 0 Å². The molecule has 0 saturated carbocycles. The van der Waals surface area contributed by atoms with Gasteiger partial charge in [-0.3, -0.25) is 0 Å². The third-order valence-corrected chi connectivity index (χ3v) is 8.93. The Bertz CT molecular complexity index is 1570. The van der Waals surface area contributed by atoms with E-state index < -0.39 is 16.1 Å². The number of rotatable bonds is 8. The topological polar surface area (TPSA) is 85.3 Å². The van der Waals surface area contributed by atoms with E-state index in [-0.39, 0.29) is 22.9 Å². The molecule has 1 aliphatic rings. The van der Waals surface area contributed by atoms with Crippen LogP contribution in [0.4, 0.5) is 0 Å². The van der Waals surface area contributed by atoms with E-state index in [1.807, 2.05) is 49.4 Å². The van der Waals surface area contributed by atoms with Gasteiger partial charge < -0.3 is 19.3 Å². The van der Waals surface area contributed by atoms with Crippen molar-refractivity contribution < 1.29 is 27.7 Å². The van der Waals surface area contributed by atoms with Crippen molar-refractivity contribution >= 4 is 10.0 Å². The fourth-order valence-corrected chi connectivity index (χ4v) is 6.50. The van der Waals surface area contributed by atoms with E-state index in [2.05, 4.69) is 0 Å². The molecule has 0 radical (unpaired) electrons. The maximum absolute atomic E-state index is 14.1. The average molecular weight is 546 g/mol. The smallest absolute Gasteiger partial charge is 0.243 e. The minimum absolute atomic E-state index is 0.00765. The molecule has 0 fully saturated rings. The highest BCUT2D eigenvalue weighted by Crippen LogP contribution is 2.45. The molecule has 7 nitrogen and oxygen atoms in total. The Balaban J connectivity index is 1.62. The number of aromatic hydroxyl groups is 1. The number of hydrogen-bond donors (Lipinski definition) is 1. The summed E-state index contributed by atoms with van der Waals surface area (Å²) in [6, 6.07) is 24.9. The van der Waals surface area contributed by atoms with Gasteiger partial charge in [-0.05, 0) is 60.4 Å². The van der Waals surface area contributed by atoms with Crippen LogP contribution in [0.3, 0.4) is 0 Å². The van der Waals surface area contributed by atoms with Gasteiger partial charge in [-0.2, -0.15) is 4.31 Å². The zero-order valence-corrected chi connectivity index (χ0v) is 22.9. The normalized spacial score (nSPS) is 15.4. The first-order valence-electron chi connectivity index (χ1n) is 12.6. The molecule has 1 aliphatic heterocycles. The number of fused-ring (bicyclic) bond motifs is 1. The van der Waals surface area contributed by atoms with Crippen LogP contribution in [-0.2, 0) is 29.6 Å². The molecule has 4 aromatic rings. The lowest BCUT2D eigenvalue weighted by molar-refractivity contribution is 0.257. The lowest BCUT2D eigenvalue weighted by atomic mass is 9.90. The molecule has 0 spiro atoms. The van der Waals surface area contributed by atoms with Gasteiger partial charge in [0.25, 0.3) is 0 Å². The van der Waals surface area contributed by atoms with Crippen LogP contribution in [0.2, 0.25) is 0 Å². The van der Waals surface area contributed by atoms with Gasteiger partial charge in [0.1, 0.15) is 6.61 Å². The van der Waals surface area contributed by atoms with Crippen LogP contribution in [0, 0.1) is 6.92 Å². The zero-order chi connectivity index (χ0) is 27.6. The van der Waals surface area contributed by atoms with Crippen LogP contribution < -0.4 is 14.2 Å². The second-order valence-corrected chi connectivity index (χ2v) is 11.4. The lowest BCUT2D eigenvalue weighted by Gasteiger charge is -2.37. The standard InChI is InChI=1S/C31H31NO6S/c1-21-9-13-25(14-10-21)39(34,35)32-19-26-23(17-27(32)24-11-15-28(33)30(18-24)37-3)12-16-29(36-2)31(26)38-20-22-7-5-4-6-8-22/h4-16,18,27,33H,17,19-20H2,1-3H3. The van der Waals surface area contributed by atoms with Gasteiger partial charge in [0, 0.05) is 12.1 Å². The Morgan fingerprint density at radius 3 is 2.31 bits per heavy atom. The van der Waals surface area contributed by atoms with Gasteiger partial charge in [0.05, 0.1) is 25.2 Å². The summed E-state index contributed by atoms with van der Waals surface area (Å²) in [6.45, 7) is 2.32. The first kappa shape index (κ1) is 26.6. The van der Waals surface area contributed by atoms with E-state index in [0.717, 1.165) is 22.3 Å². The van der Waals surface area contributed by atoms with Crippen molar-refractivity contribution in [2.24, 2.45) is 0 Å². The van der Waals surface area contributed by atoms with Gasteiger partial charge in [0.2, 0.25) is 10.0 Å². The summed E-state index contributed by atoms with van der Waals surface area (Å²) in [5.41, 5.74) is 4.41.